The SMILES string of the molecule is Cc1cc(C)c2c(c1)C(=O)C(=O)N2CCF. The number of alkyl halides is 1. The van der Waals surface area contributed by atoms with E-state index in [-0.39, 0.29) is 6.54 Å². The molecule has 0 aliphatic carbocycles. The van der Waals surface area contributed by atoms with Crippen LogP contribution in [0.4, 0.5) is 10.1 Å². The first-order valence-corrected chi connectivity index (χ1v) is 5.09. The van der Waals surface area contributed by atoms with Crippen molar-refractivity contribution in [2.24, 2.45) is 0 Å². The van der Waals surface area contributed by atoms with Crippen LogP contribution >= 0.6 is 0 Å². The molecule has 0 N–H and O–H groups in total. The lowest BCUT2D eigenvalue weighted by molar-refractivity contribution is -0.114. The number of fused-ring (bicyclic) bond motifs is 1. The molecule has 0 saturated heterocycles. The molecule has 1 aromatic carbocycles. The van der Waals surface area contributed by atoms with E-state index in [0.717, 1.165) is 11.1 Å². The van der Waals surface area contributed by atoms with Crippen molar-refractivity contribution in [2.75, 3.05) is 18.1 Å². The Balaban J connectivity index is 2.60. The first-order chi connectivity index (χ1) is 7.56. The molecule has 3 nitrogen and oxygen atoms in total. The number of halogens is 1. The average Bonchev–Trinajstić information content (AvgIpc) is 2.44. The highest BCUT2D eigenvalue weighted by Gasteiger charge is 2.36. The molecule has 4 heteroatoms. The van der Waals surface area contributed by atoms with Gasteiger partial charge in [0, 0.05) is 0 Å². The summed E-state index contributed by atoms with van der Waals surface area (Å²) < 4.78 is 12.3. The van der Waals surface area contributed by atoms with Gasteiger partial charge >= 0.3 is 0 Å². The van der Waals surface area contributed by atoms with Crippen LogP contribution in [-0.2, 0) is 4.79 Å². The molecule has 0 aromatic heterocycles. The van der Waals surface area contributed by atoms with Crippen molar-refractivity contribution in [1.29, 1.82) is 0 Å². The van der Waals surface area contributed by atoms with Gasteiger partial charge in [-0.25, -0.2) is 4.39 Å². The maximum absolute atomic E-state index is 12.3. The second kappa shape index (κ2) is 3.70. The summed E-state index contributed by atoms with van der Waals surface area (Å²) in [6.45, 7) is 2.99. The van der Waals surface area contributed by atoms with Crippen LogP contribution in [0.25, 0.3) is 0 Å². The number of benzene rings is 1. The number of aryl methyl sites for hydroxylation is 2. The Kier molecular flexibility index (Phi) is 2.50. The lowest BCUT2D eigenvalue weighted by Gasteiger charge is -2.16. The standard InChI is InChI=1S/C12H12FNO2/c1-7-5-8(2)10-9(6-7)11(15)12(16)14(10)4-3-13/h5-6H,3-4H2,1-2H3. The second-order valence-corrected chi connectivity index (χ2v) is 3.95. The molecule has 1 heterocycles. The van der Waals surface area contributed by atoms with Crippen LogP contribution in [0.15, 0.2) is 12.1 Å². The number of hydrogen-bond acceptors (Lipinski definition) is 2. The first kappa shape index (κ1) is 10.8. The summed E-state index contributed by atoms with van der Waals surface area (Å²) in [5.41, 5.74) is 2.73. The van der Waals surface area contributed by atoms with E-state index < -0.39 is 18.4 Å². The van der Waals surface area contributed by atoms with Gasteiger partial charge in [-0.1, -0.05) is 6.07 Å². The third-order valence-electron chi connectivity index (χ3n) is 2.71. The number of ketones is 1. The number of carbonyl (C=O) groups is 2. The molecule has 2 rings (SSSR count). The molecular weight excluding hydrogens is 209 g/mol. The molecule has 16 heavy (non-hydrogen) atoms. The Hall–Kier alpha value is -1.71. The number of Topliss-reactive ketones (excluding diaryl/α,β-unsaturated/α-hetero) is 1. The van der Waals surface area contributed by atoms with Crippen LogP contribution in [0.2, 0.25) is 0 Å². The van der Waals surface area contributed by atoms with E-state index in [9.17, 15) is 14.0 Å². The molecule has 1 amide bonds. The Labute approximate surface area is 92.9 Å². The van der Waals surface area contributed by atoms with Crippen molar-refractivity contribution in [3.63, 3.8) is 0 Å². The molecule has 1 aromatic rings. The number of rotatable bonds is 2. The van der Waals surface area contributed by atoms with E-state index in [2.05, 4.69) is 0 Å². The highest BCUT2D eigenvalue weighted by Crippen LogP contribution is 2.33. The number of carbonyl (C=O) groups excluding carboxylic acids is 2. The van der Waals surface area contributed by atoms with Gasteiger partial charge in [-0.05, 0) is 31.0 Å². The maximum Gasteiger partial charge on any atom is 0.299 e. The molecule has 0 radical (unpaired) electrons. The zero-order valence-corrected chi connectivity index (χ0v) is 9.21. The maximum atomic E-state index is 12.3. The van der Waals surface area contributed by atoms with E-state index in [1.54, 1.807) is 6.07 Å². The minimum atomic E-state index is -0.647. The van der Waals surface area contributed by atoms with Crippen molar-refractivity contribution in [2.45, 2.75) is 13.8 Å². The molecule has 84 valence electrons. The van der Waals surface area contributed by atoms with Crippen LogP contribution in [0.1, 0.15) is 21.5 Å². The van der Waals surface area contributed by atoms with Gasteiger partial charge in [0.05, 0.1) is 17.8 Å². The topological polar surface area (TPSA) is 37.4 Å². The van der Waals surface area contributed by atoms with Crippen molar-refractivity contribution >= 4 is 17.4 Å². The lowest BCUT2D eigenvalue weighted by atomic mass is 10.0. The zero-order chi connectivity index (χ0) is 11.9. The van der Waals surface area contributed by atoms with Crippen LogP contribution in [0.5, 0.6) is 0 Å². The third-order valence-corrected chi connectivity index (χ3v) is 2.71. The summed E-state index contributed by atoms with van der Waals surface area (Å²) in [5, 5.41) is 0. The Morgan fingerprint density at radius 1 is 1.25 bits per heavy atom. The molecule has 0 bridgehead atoms. The van der Waals surface area contributed by atoms with Gasteiger partial charge in [0.2, 0.25) is 0 Å². The second-order valence-electron chi connectivity index (χ2n) is 3.95. The summed E-state index contributed by atoms with van der Waals surface area (Å²) >= 11 is 0. The fourth-order valence-electron chi connectivity index (χ4n) is 2.13. The average molecular weight is 221 g/mol. The quantitative estimate of drug-likeness (QED) is 0.714. The number of anilines is 1. The van der Waals surface area contributed by atoms with Gasteiger partial charge in [0.15, 0.2) is 0 Å². The van der Waals surface area contributed by atoms with E-state index in [1.165, 1.54) is 4.90 Å². The fourth-order valence-corrected chi connectivity index (χ4v) is 2.13. The lowest BCUT2D eigenvalue weighted by Crippen LogP contribution is -2.31. The number of amides is 1. The fraction of sp³-hybridized carbons (Fsp3) is 0.333. The van der Waals surface area contributed by atoms with E-state index in [4.69, 9.17) is 0 Å². The monoisotopic (exact) mass is 221 g/mol. The van der Waals surface area contributed by atoms with Gasteiger partial charge in [-0.15, -0.1) is 0 Å². The summed E-state index contributed by atoms with van der Waals surface area (Å²) in [6.07, 6.45) is 0. The Bertz CT molecular complexity index is 482. The molecule has 0 atom stereocenters. The third kappa shape index (κ3) is 1.41. The normalized spacial score (nSPS) is 14.6. The van der Waals surface area contributed by atoms with Crippen LogP contribution in [0, 0.1) is 13.8 Å². The minimum absolute atomic E-state index is 0.0541. The van der Waals surface area contributed by atoms with Gasteiger partial charge in [-0.2, -0.15) is 0 Å². The van der Waals surface area contributed by atoms with Crippen molar-refractivity contribution in [3.05, 3.63) is 28.8 Å². The van der Waals surface area contributed by atoms with E-state index in [0.29, 0.717) is 11.3 Å². The largest absolute Gasteiger partial charge is 0.302 e. The summed E-state index contributed by atoms with van der Waals surface area (Å²) in [7, 11) is 0. The van der Waals surface area contributed by atoms with Gasteiger partial charge in [-0.3, -0.25) is 9.59 Å². The Morgan fingerprint density at radius 3 is 2.56 bits per heavy atom. The van der Waals surface area contributed by atoms with Crippen LogP contribution in [-0.4, -0.2) is 24.9 Å². The summed E-state index contributed by atoms with van der Waals surface area (Å²) in [6, 6.07) is 3.57. The minimum Gasteiger partial charge on any atom is -0.302 e. The molecule has 0 fully saturated rings. The highest BCUT2D eigenvalue weighted by molar-refractivity contribution is 6.52. The van der Waals surface area contributed by atoms with Gasteiger partial charge < -0.3 is 4.90 Å². The summed E-state index contributed by atoms with van der Waals surface area (Å²) in [4.78, 5) is 24.5. The number of hydrogen-bond donors (Lipinski definition) is 0. The smallest absolute Gasteiger partial charge is 0.299 e. The van der Waals surface area contributed by atoms with Crippen molar-refractivity contribution < 1.29 is 14.0 Å². The molecule has 0 saturated carbocycles. The predicted octanol–water partition coefficient (Wildman–Crippen LogP) is 1.80. The molecule has 0 unspecified atom stereocenters. The van der Waals surface area contributed by atoms with Gasteiger partial charge in [0.25, 0.3) is 11.7 Å². The molecular formula is C12H12FNO2. The van der Waals surface area contributed by atoms with Crippen LogP contribution < -0.4 is 4.90 Å². The van der Waals surface area contributed by atoms with Crippen LogP contribution in [0.3, 0.4) is 0 Å². The van der Waals surface area contributed by atoms with E-state index >= 15 is 0 Å². The van der Waals surface area contributed by atoms with Crippen molar-refractivity contribution in [1.82, 2.24) is 0 Å². The van der Waals surface area contributed by atoms with E-state index in [1.807, 2.05) is 19.9 Å². The highest BCUT2D eigenvalue weighted by atomic mass is 19.1. The first-order valence-electron chi connectivity index (χ1n) is 5.09. The zero-order valence-electron chi connectivity index (χ0n) is 9.21. The van der Waals surface area contributed by atoms with Gasteiger partial charge in [0.1, 0.15) is 6.67 Å². The number of nitrogens with zero attached hydrogens (tertiary/aromatic N) is 1. The molecule has 1 aliphatic heterocycles. The van der Waals surface area contributed by atoms with Crippen molar-refractivity contribution in [3.8, 4) is 0 Å². The molecule has 0 spiro atoms. The Morgan fingerprint density at radius 2 is 1.94 bits per heavy atom. The molecule has 1 aliphatic rings. The predicted molar refractivity (Wildman–Crippen MR) is 58.6 cm³/mol. The summed E-state index contributed by atoms with van der Waals surface area (Å²) in [5.74, 6) is -1.16.